The average molecular weight is 165 g/mol. The van der Waals surface area contributed by atoms with E-state index in [1.54, 1.807) is 13.1 Å². The van der Waals surface area contributed by atoms with Crippen LogP contribution in [0.1, 0.15) is 5.56 Å². The molecule has 0 atom stereocenters. The van der Waals surface area contributed by atoms with Crippen LogP contribution in [0.15, 0.2) is 18.2 Å². The van der Waals surface area contributed by atoms with Gasteiger partial charge in [0.2, 0.25) is 0 Å². The van der Waals surface area contributed by atoms with Gasteiger partial charge in [0.15, 0.2) is 0 Å². The van der Waals surface area contributed by atoms with Crippen molar-refractivity contribution in [3.8, 4) is 0 Å². The van der Waals surface area contributed by atoms with Crippen molar-refractivity contribution in [3.63, 3.8) is 0 Å². The quantitative estimate of drug-likeness (QED) is 0.528. The molecule has 3 nitrogen and oxygen atoms in total. The fourth-order valence-corrected chi connectivity index (χ4v) is 1.12. The van der Waals surface area contributed by atoms with Crippen molar-refractivity contribution in [2.75, 3.05) is 12.4 Å². The normalized spacial score (nSPS) is 9.67. The van der Waals surface area contributed by atoms with Crippen molar-refractivity contribution in [3.05, 3.63) is 23.8 Å². The summed E-state index contributed by atoms with van der Waals surface area (Å²) >= 11 is 0. The van der Waals surface area contributed by atoms with Gasteiger partial charge in [-0.2, -0.15) is 0 Å². The summed E-state index contributed by atoms with van der Waals surface area (Å²) in [5, 5.41) is 20.8. The van der Waals surface area contributed by atoms with E-state index < -0.39 is 7.12 Å². The highest BCUT2D eigenvalue weighted by atomic mass is 16.4. The molecule has 0 spiro atoms. The summed E-state index contributed by atoms with van der Waals surface area (Å²) in [4.78, 5) is 0. The van der Waals surface area contributed by atoms with Crippen molar-refractivity contribution in [2.45, 2.75) is 6.92 Å². The summed E-state index contributed by atoms with van der Waals surface area (Å²) in [5.41, 5.74) is 2.27. The van der Waals surface area contributed by atoms with Crippen LogP contribution in [0.5, 0.6) is 0 Å². The number of hydrogen-bond donors (Lipinski definition) is 3. The lowest BCUT2D eigenvalue weighted by atomic mass is 9.78. The maximum Gasteiger partial charge on any atom is 0.490 e. The van der Waals surface area contributed by atoms with E-state index >= 15 is 0 Å². The highest BCUT2D eigenvalue weighted by Crippen LogP contribution is 2.05. The van der Waals surface area contributed by atoms with Crippen molar-refractivity contribution in [2.24, 2.45) is 0 Å². The molecule has 0 aliphatic carbocycles. The van der Waals surface area contributed by atoms with Crippen LogP contribution < -0.4 is 10.8 Å². The zero-order valence-electron chi connectivity index (χ0n) is 7.20. The van der Waals surface area contributed by atoms with E-state index in [1.165, 1.54) is 0 Å². The molecule has 64 valence electrons. The van der Waals surface area contributed by atoms with E-state index in [4.69, 9.17) is 10.0 Å². The van der Waals surface area contributed by atoms with E-state index in [2.05, 4.69) is 5.32 Å². The van der Waals surface area contributed by atoms with Crippen LogP contribution >= 0.6 is 0 Å². The van der Waals surface area contributed by atoms with Gasteiger partial charge in [-0.05, 0) is 13.0 Å². The third-order valence-electron chi connectivity index (χ3n) is 1.75. The lowest BCUT2D eigenvalue weighted by Gasteiger charge is -2.08. The van der Waals surface area contributed by atoms with Gasteiger partial charge in [0, 0.05) is 18.2 Å². The van der Waals surface area contributed by atoms with E-state index in [1.807, 2.05) is 19.1 Å². The molecule has 4 heteroatoms. The van der Waals surface area contributed by atoms with Crippen LogP contribution in [-0.4, -0.2) is 24.2 Å². The molecular weight excluding hydrogens is 153 g/mol. The molecule has 12 heavy (non-hydrogen) atoms. The third kappa shape index (κ3) is 1.78. The molecule has 0 aliphatic heterocycles. The van der Waals surface area contributed by atoms with Crippen molar-refractivity contribution >= 4 is 18.3 Å². The molecule has 0 amide bonds. The lowest BCUT2D eigenvalue weighted by Crippen LogP contribution is -2.32. The van der Waals surface area contributed by atoms with Gasteiger partial charge in [-0.3, -0.25) is 0 Å². The van der Waals surface area contributed by atoms with Crippen molar-refractivity contribution in [1.82, 2.24) is 0 Å². The minimum atomic E-state index is -1.41. The van der Waals surface area contributed by atoms with Crippen LogP contribution in [0.4, 0.5) is 5.69 Å². The minimum Gasteiger partial charge on any atom is -0.423 e. The second-order valence-corrected chi connectivity index (χ2v) is 2.71. The second kappa shape index (κ2) is 3.60. The Morgan fingerprint density at radius 2 is 2.00 bits per heavy atom. The maximum atomic E-state index is 8.98. The summed E-state index contributed by atoms with van der Waals surface area (Å²) in [7, 11) is 0.337. The van der Waals surface area contributed by atoms with E-state index in [0.717, 1.165) is 11.3 Å². The molecule has 0 unspecified atom stereocenters. The van der Waals surface area contributed by atoms with Gasteiger partial charge in [0.1, 0.15) is 0 Å². The molecule has 0 radical (unpaired) electrons. The van der Waals surface area contributed by atoms with Crippen LogP contribution in [0.25, 0.3) is 0 Å². The molecule has 1 aromatic carbocycles. The monoisotopic (exact) mass is 165 g/mol. The summed E-state index contributed by atoms with van der Waals surface area (Å²) in [5.74, 6) is 0. The number of nitrogens with one attached hydrogen (secondary N) is 1. The Bertz CT molecular complexity index is 276. The first kappa shape index (κ1) is 9.10. The van der Waals surface area contributed by atoms with Gasteiger partial charge in [0.05, 0.1) is 0 Å². The third-order valence-corrected chi connectivity index (χ3v) is 1.75. The fraction of sp³-hybridized carbons (Fsp3) is 0.250. The molecule has 0 aromatic heterocycles. The highest BCUT2D eigenvalue weighted by Gasteiger charge is 2.14. The molecule has 0 aliphatic rings. The van der Waals surface area contributed by atoms with Gasteiger partial charge in [-0.1, -0.05) is 17.7 Å². The molecule has 1 rings (SSSR count). The van der Waals surface area contributed by atoms with Crippen molar-refractivity contribution < 1.29 is 10.0 Å². The van der Waals surface area contributed by atoms with Crippen LogP contribution in [0, 0.1) is 6.92 Å². The molecule has 1 aromatic rings. The Hall–Kier alpha value is -0.995. The Morgan fingerprint density at radius 1 is 1.33 bits per heavy atom. The van der Waals surface area contributed by atoms with Gasteiger partial charge >= 0.3 is 7.12 Å². The first-order valence-corrected chi connectivity index (χ1v) is 3.79. The zero-order chi connectivity index (χ0) is 9.14. The Kier molecular flexibility index (Phi) is 2.73. The molecule has 0 heterocycles. The van der Waals surface area contributed by atoms with Gasteiger partial charge in [-0.15, -0.1) is 0 Å². The Balaban J connectivity index is 3.12. The van der Waals surface area contributed by atoms with Gasteiger partial charge in [0.25, 0.3) is 0 Å². The number of rotatable bonds is 2. The zero-order valence-corrected chi connectivity index (χ0v) is 7.20. The maximum absolute atomic E-state index is 8.98. The fourth-order valence-electron chi connectivity index (χ4n) is 1.12. The first-order chi connectivity index (χ1) is 5.65. The second-order valence-electron chi connectivity index (χ2n) is 2.71. The van der Waals surface area contributed by atoms with Crippen molar-refractivity contribution in [1.29, 1.82) is 0 Å². The molecule has 0 bridgehead atoms. The highest BCUT2D eigenvalue weighted by molar-refractivity contribution is 6.60. The smallest absolute Gasteiger partial charge is 0.423 e. The molecule has 0 saturated carbocycles. The van der Waals surface area contributed by atoms with Crippen LogP contribution in [-0.2, 0) is 0 Å². The largest absolute Gasteiger partial charge is 0.490 e. The lowest BCUT2D eigenvalue weighted by molar-refractivity contribution is 0.426. The number of hydrogen-bond acceptors (Lipinski definition) is 3. The molecule has 0 fully saturated rings. The van der Waals surface area contributed by atoms with E-state index in [9.17, 15) is 0 Å². The predicted molar refractivity (Wildman–Crippen MR) is 50.6 cm³/mol. The SMILES string of the molecule is CNc1ccc(C)cc1B(O)O. The average Bonchev–Trinajstić information content (AvgIpc) is 2.04. The summed E-state index contributed by atoms with van der Waals surface area (Å²) in [6.45, 7) is 1.91. The molecule has 0 saturated heterocycles. The van der Waals surface area contributed by atoms with Crippen LogP contribution in [0.3, 0.4) is 0 Å². The van der Waals surface area contributed by atoms with Gasteiger partial charge in [-0.25, -0.2) is 0 Å². The minimum absolute atomic E-state index is 0.512. The Morgan fingerprint density at radius 3 is 2.50 bits per heavy atom. The first-order valence-electron chi connectivity index (χ1n) is 3.79. The standard InChI is InChI=1S/C8H12BNO2/c1-6-3-4-8(10-2)7(5-6)9(11)12/h3-5,10-12H,1-2H3. The summed E-state index contributed by atoms with van der Waals surface area (Å²) in [6.07, 6.45) is 0. The number of anilines is 1. The summed E-state index contributed by atoms with van der Waals surface area (Å²) in [6, 6.07) is 5.48. The number of benzene rings is 1. The summed E-state index contributed by atoms with van der Waals surface area (Å²) < 4.78 is 0. The molecular formula is C8H12BNO2. The Labute approximate surface area is 72.2 Å². The topological polar surface area (TPSA) is 52.5 Å². The van der Waals surface area contributed by atoms with Crippen LogP contribution in [0.2, 0.25) is 0 Å². The van der Waals surface area contributed by atoms with E-state index in [0.29, 0.717) is 5.46 Å². The van der Waals surface area contributed by atoms with E-state index in [-0.39, 0.29) is 0 Å². The molecule has 3 N–H and O–H groups in total. The predicted octanol–water partition coefficient (Wildman–Crippen LogP) is -0.283. The number of aryl methyl sites for hydroxylation is 1. The van der Waals surface area contributed by atoms with Gasteiger partial charge < -0.3 is 15.4 Å².